The first-order valence-electron chi connectivity index (χ1n) is 6.12. The number of nitrogens with one attached hydrogen (secondary N) is 1. The number of hydrogen-bond donors (Lipinski definition) is 1. The predicted molar refractivity (Wildman–Crippen MR) is 74.6 cm³/mol. The molecule has 4 nitrogen and oxygen atoms in total. The summed E-state index contributed by atoms with van der Waals surface area (Å²) in [5, 5.41) is 0. The fourth-order valence-corrected chi connectivity index (χ4v) is 2.11. The van der Waals surface area contributed by atoms with Gasteiger partial charge in [0.15, 0.2) is 0 Å². The van der Waals surface area contributed by atoms with Crippen molar-refractivity contribution in [2.45, 2.75) is 32.7 Å². The van der Waals surface area contributed by atoms with Crippen LogP contribution in [0.3, 0.4) is 0 Å². The Morgan fingerprint density at radius 1 is 1.22 bits per heavy atom. The molecule has 102 valence electrons. The second-order valence-electron chi connectivity index (χ2n) is 4.66. The van der Waals surface area contributed by atoms with Gasteiger partial charge in [-0.05, 0) is 23.5 Å². The van der Waals surface area contributed by atoms with Crippen molar-refractivity contribution < 1.29 is 8.42 Å². The van der Waals surface area contributed by atoms with Crippen molar-refractivity contribution in [2.75, 3.05) is 14.1 Å². The predicted octanol–water partition coefficient (Wildman–Crippen LogP) is 2.10. The Balaban J connectivity index is 2.65. The average Bonchev–Trinajstić information content (AvgIpc) is 2.36. The minimum atomic E-state index is -3.34. The van der Waals surface area contributed by atoms with E-state index in [4.69, 9.17) is 0 Å². The molecular formula is C13H22N2O2S. The monoisotopic (exact) mass is 270 g/mol. The van der Waals surface area contributed by atoms with Gasteiger partial charge in [-0.1, -0.05) is 38.1 Å². The Morgan fingerprint density at radius 3 is 2.22 bits per heavy atom. The maximum Gasteiger partial charge on any atom is 0.279 e. The smallest absolute Gasteiger partial charge is 0.198 e. The summed E-state index contributed by atoms with van der Waals surface area (Å²) in [6.07, 6.45) is 1.10. The van der Waals surface area contributed by atoms with Crippen LogP contribution in [0.15, 0.2) is 24.3 Å². The van der Waals surface area contributed by atoms with E-state index in [0.29, 0.717) is 12.5 Å². The van der Waals surface area contributed by atoms with Crippen LogP contribution in [-0.2, 0) is 16.8 Å². The number of rotatable bonds is 6. The fraction of sp³-hybridized carbons (Fsp3) is 0.538. The van der Waals surface area contributed by atoms with Crippen LogP contribution in [0.25, 0.3) is 0 Å². The molecule has 0 fully saturated rings. The Hall–Kier alpha value is -0.910. The van der Waals surface area contributed by atoms with E-state index in [1.807, 2.05) is 12.1 Å². The molecule has 1 rings (SSSR count). The maximum absolute atomic E-state index is 11.5. The van der Waals surface area contributed by atoms with Gasteiger partial charge in [0.25, 0.3) is 10.2 Å². The van der Waals surface area contributed by atoms with Crippen LogP contribution in [0.5, 0.6) is 0 Å². The number of hydrogen-bond acceptors (Lipinski definition) is 2. The van der Waals surface area contributed by atoms with Gasteiger partial charge in [0.2, 0.25) is 0 Å². The zero-order valence-electron chi connectivity index (χ0n) is 11.5. The summed E-state index contributed by atoms with van der Waals surface area (Å²) >= 11 is 0. The standard InChI is InChI=1S/C13H22N2O2S/c1-5-11(2)13-8-6-12(7-9-13)10-14-18(16,17)15(3)4/h6-9,11,14H,5,10H2,1-4H3. The van der Waals surface area contributed by atoms with Gasteiger partial charge in [-0.3, -0.25) is 0 Å². The highest BCUT2D eigenvalue weighted by atomic mass is 32.2. The highest BCUT2D eigenvalue weighted by molar-refractivity contribution is 7.87. The summed E-state index contributed by atoms with van der Waals surface area (Å²) in [4.78, 5) is 0. The average molecular weight is 270 g/mol. The SMILES string of the molecule is CCC(C)c1ccc(CNS(=O)(=O)N(C)C)cc1. The molecule has 0 radical (unpaired) electrons. The second-order valence-corrected chi connectivity index (χ2v) is 6.63. The third kappa shape index (κ3) is 4.08. The molecule has 0 heterocycles. The zero-order valence-corrected chi connectivity index (χ0v) is 12.3. The molecule has 1 atom stereocenters. The van der Waals surface area contributed by atoms with Gasteiger partial charge < -0.3 is 0 Å². The van der Waals surface area contributed by atoms with Crippen LogP contribution in [-0.4, -0.2) is 26.8 Å². The lowest BCUT2D eigenvalue weighted by Crippen LogP contribution is -2.35. The van der Waals surface area contributed by atoms with Gasteiger partial charge in [0, 0.05) is 20.6 Å². The first kappa shape index (κ1) is 15.1. The minimum Gasteiger partial charge on any atom is -0.198 e. The zero-order chi connectivity index (χ0) is 13.8. The summed E-state index contributed by atoms with van der Waals surface area (Å²) in [6, 6.07) is 8.07. The lowest BCUT2D eigenvalue weighted by molar-refractivity contribution is 0.505. The normalized spacial score (nSPS) is 13.8. The summed E-state index contributed by atoms with van der Waals surface area (Å²) in [5.74, 6) is 0.539. The molecule has 1 aromatic carbocycles. The summed E-state index contributed by atoms with van der Waals surface area (Å²) in [7, 11) is -0.328. The quantitative estimate of drug-likeness (QED) is 0.860. The fourth-order valence-electron chi connectivity index (χ4n) is 1.50. The number of nitrogens with zero attached hydrogens (tertiary/aromatic N) is 1. The van der Waals surface area contributed by atoms with Crippen molar-refractivity contribution in [1.29, 1.82) is 0 Å². The van der Waals surface area contributed by atoms with Crippen LogP contribution in [0.2, 0.25) is 0 Å². The molecule has 0 amide bonds. The largest absolute Gasteiger partial charge is 0.279 e. The molecule has 18 heavy (non-hydrogen) atoms. The molecule has 0 aromatic heterocycles. The van der Waals surface area contributed by atoms with E-state index >= 15 is 0 Å². The molecule has 1 aromatic rings. The highest BCUT2D eigenvalue weighted by Crippen LogP contribution is 2.18. The van der Waals surface area contributed by atoms with Gasteiger partial charge >= 0.3 is 0 Å². The van der Waals surface area contributed by atoms with Crippen LogP contribution in [0, 0.1) is 0 Å². The van der Waals surface area contributed by atoms with E-state index in [0.717, 1.165) is 12.0 Å². The maximum atomic E-state index is 11.5. The van der Waals surface area contributed by atoms with Gasteiger partial charge in [0.1, 0.15) is 0 Å². The van der Waals surface area contributed by atoms with E-state index in [9.17, 15) is 8.42 Å². The van der Waals surface area contributed by atoms with Crippen molar-refractivity contribution in [2.24, 2.45) is 0 Å². The molecule has 0 aliphatic rings. The lowest BCUT2D eigenvalue weighted by atomic mass is 9.98. The van der Waals surface area contributed by atoms with Gasteiger partial charge in [0.05, 0.1) is 0 Å². The number of benzene rings is 1. The molecule has 5 heteroatoms. The molecule has 0 saturated carbocycles. The van der Waals surface area contributed by atoms with Crippen molar-refractivity contribution in [3.8, 4) is 0 Å². The Morgan fingerprint density at radius 2 is 1.78 bits per heavy atom. The highest BCUT2D eigenvalue weighted by Gasteiger charge is 2.12. The van der Waals surface area contributed by atoms with Crippen molar-refractivity contribution in [1.82, 2.24) is 9.03 Å². The first-order valence-corrected chi connectivity index (χ1v) is 7.56. The lowest BCUT2D eigenvalue weighted by Gasteiger charge is -2.13. The minimum absolute atomic E-state index is 0.321. The molecule has 0 saturated heterocycles. The van der Waals surface area contributed by atoms with Crippen LogP contribution in [0.4, 0.5) is 0 Å². The van der Waals surface area contributed by atoms with E-state index in [1.54, 1.807) is 0 Å². The van der Waals surface area contributed by atoms with Gasteiger partial charge in [-0.2, -0.15) is 17.4 Å². The van der Waals surface area contributed by atoms with Crippen molar-refractivity contribution in [3.05, 3.63) is 35.4 Å². The van der Waals surface area contributed by atoms with E-state index < -0.39 is 10.2 Å². The van der Waals surface area contributed by atoms with Gasteiger partial charge in [-0.15, -0.1) is 0 Å². The van der Waals surface area contributed by atoms with Crippen LogP contribution >= 0.6 is 0 Å². The molecule has 1 unspecified atom stereocenters. The van der Waals surface area contributed by atoms with E-state index in [-0.39, 0.29) is 0 Å². The Kier molecular flexibility index (Phi) is 5.31. The molecule has 0 spiro atoms. The summed E-state index contributed by atoms with van der Waals surface area (Å²) in [5.41, 5.74) is 2.25. The Bertz CT molecular complexity index is 466. The summed E-state index contributed by atoms with van der Waals surface area (Å²) in [6.45, 7) is 4.66. The molecule has 0 bridgehead atoms. The van der Waals surface area contributed by atoms with Crippen LogP contribution < -0.4 is 4.72 Å². The van der Waals surface area contributed by atoms with Crippen molar-refractivity contribution >= 4 is 10.2 Å². The van der Waals surface area contributed by atoms with E-state index in [2.05, 4.69) is 30.7 Å². The molecular weight excluding hydrogens is 248 g/mol. The third-order valence-corrected chi connectivity index (χ3v) is 4.57. The first-order chi connectivity index (χ1) is 8.36. The second kappa shape index (κ2) is 6.31. The topological polar surface area (TPSA) is 49.4 Å². The van der Waals surface area contributed by atoms with Gasteiger partial charge in [-0.25, -0.2) is 0 Å². The summed E-state index contributed by atoms with van der Waals surface area (Å²) < 4.78 is 26.8. The third-order valence-electron chi connectivity index (χ3n) is 3.10. The Labute approximate surface area is 110 Å². The molecule has 1 N–H and O–H groups in total. The van der Waals surface area contributed by atoms with E-state index in [1.165, 1.54) is 24.0 Å². The molecule has 0 aliphatic carbocycles. The van der Waals surface area contributed by atoms with Crippen molar-refractivity contribution in [3.63, 3.8) is 0 Å². The molecule has 0 aliphatic heterocycles. The van der Waals surface area contributed by atoms with Crippen LogP contribution in [0.1, 0.15) is 37.3 Å².